The zero-order valence-electron chi connectivity index (χ0n) is 17.6. The van der Waals surface area contributed by atoms with Gasteiger partial charge in [-0.1, -0.05) is 52.3 Å². The van der Waals surface area contributed by atoms with Crippen LogP contribution in [0.15, 0.2) is 87.8 Å². The number of aliphatic hydroxyl groups excluding tert-OH is 1. The lowest BCUT2D eigenvalue weighted by Gasteiger charge is -2.25. The van der Waals surface area contributed by atoms with E-state index in [4.69, 9.17) is 10.5 Å². The lowest BCUT2D eigenvalue weighted by atomic mass is 9.99. The smallest absolute Gasteiger partial charge is 0.248 e. The van der Waals surface area contributed by atoms with E-state index in [9.17, 15) is 15.0 Å². The number of carbonyl (C=O) groups is 1. The van der Waals surface area contributed by atoms with Crippen LogP contribution < -0.4 is 15.8 Å². The third-order valence-electron chi connectivity index (χ3n) is 4.86. The van der Waals surface area contributed by atoms with Gasteiger partial charge < -0.3 is 26.0 Å². The topological polar surface area (TPSA) is 105 Å². The number of rotatable bonds is 9. The minimum Gasteiger partial charge on any atom is -0.506 e. The van der Waals surface area contributed by atoms with E-state index >= 15 is 0 Å². The number of aromatic hydroxyl groups is 1. The Hall–Kier alpha value is -2.81. The molecule has 0 aliphatic heterocycles. The van der Waals surface area contributed by atoms with Crippen molar-refractivity contribution in [1.82, 2.24) is 0 Å². The Morgan fingerprint density at radius 3 is 2.52 bits per heavy atom. The fourth-order valence-electron chi connectivity index (χ4n) is 3.20. The number of phenolic OH excluding ortho intramolecular Hbond substituents is 1. The molecule has 2 atom stereocenters. The van der Waals surface area contributed by atoms with Crippen LogP contribution in [0, 0.1) is 0 Å². The van der Waals surface area contributed by atoms with Gasteiger partial charge in [0.1, 0.15) is 23.7 Å². The van der Waals surface area contributed by atoms with Crippen molar-refractivity contribution < 1.29 is 19.7 Å². The standard InChI is InChI=1S/C25H24Br2N2O4/c26-16-14-18(24(31)19(27)15-16)25(32)22(33-17-8-2-1-3-9-17)12-6-7-13-23(30)29-21-11-5-4-10-20(21)28/h1-5,7-11,13-15,22,25,31-32H,6,12,28H2,(H,29,30)/b13-7+/t22-,25-/m0/s1. The number of phenols is 1. The van der Waals surface area contributed by atoms with Gasteiger partial charge in [-0.05, 0) is 71.2 Å². The summed E-state index contributed by atoms with van der Waals surface area (Å²) in [5.41, 5.74) is 7.21. The minimum absolute atomic E-state index is 0.0530. The minimum atomic E-state index is -1.11. The van der Waals surface area contributed by atoms with Crippen molar-refractivity contribution in [1.29, 1.82) is 0 Å². The Morgan fingerprint density at radius 2 is 1.79 bits per heavy atom. The predicted octanol–water partition coefficient (Wildman–Crippen LogP) is 5.96. The Balaban J connectivity index is 1.70. The molecule has 33 heavy (non-hydrogen) atoms. The number of allylic oxidation sites excluding steroid dienone is 1. The molecule has 0 heterocycles. The Labute approximate surface area is 209 Å². The summed E-state index contributed by atoms with van der Waals surface area (Å²) in [5, 5.41) is 24.2. The number of halogens is 2. The van der Waals surface area contributed by atoms with Crippen LogP contribution in [0.25, 0.3) is 0 Å². The van der Waals surface area contributed by atoms with Crippen molar-refractivity contribution in [2.75, 3.05) is 11.1 Å². The van der Waals surface area contributed by atoms with Gasteiger partial charge in [-0.15, -0.1) is 0 Å². The third-order valence-corrected chi connectivity index (χ3v) is 5.93. The van der Waals surface area contributed by atoms with E-state index in [1.165, 1.54) is 6.08 Å². The monoisotopic (exact) mass is 574 g/mol. The summed E-state index contributed by atoms with van der Waals surface area (Å²) in [6.07, 6.45) is 2.21. The van der Waals surface area contributed by atoms with E-state index < -0.39 is 12.2 Å². The highest BCUT2D eigenvalue weighted by atomic mass is 79.9. The summed E-state index contributed by atoms with van der Waals surface area (Å²) in [6.45, 7) is 0. The normalized spacial score (nSPS) is 12.9. The SMILES string of the molecule is Nc1ccccc1NC(=O)/C=C/CC[C@H](Oc1ccccc1)[C@@H](O)c1cc(Br)cc(Br)c1O. The van der Waals surface area contributed by atoms with Gasteiger partial charge in [0, 0.05) is 10.0 Å². The number of hydrogen-bond acceptors (Lipinski definition) is 5. The number of nitrogens with two attached hydrogens (primary N) is 1. The molecular formula is C25H24Br2N2O4. The van der Waals surface area contributed by atoms with E-state index in [2.05, 4.69) is 37.2 Å². The maximum Gasteiger partial charge on any atom is 0.248 e. The van der Waals surface area contributed by atoms with Gasteiger partial charge in [-0.25, -0.2) is 0 Å². The van der Waals surface area contributed by atoms with Crippen LogP contribution in [-0.2, 0) is 4.79 Å². The Morgan fingerprint density at radius 1 is 1.09 bits per heavy atom. The van der Waals surface area contributed by atoms with E-state index in [1.54, 1.807) is 54.6 Å². The van der Waals surface area contributed by atoms with Crippen molar-refractivity contribution in [3.63, 3.8) is 0 Å². The molecule has 0 radical (unpaired) electrons. The average molecular weight is 576 g/mol. The molecule has 0 spiro atoms. The lowest BCUT2D eigenvalue weighted by molar-refractivity contribution is -0.111. The zero-order chi connectivity index (χ0) is 23.8. The Kier molecular flexibility index (Phi) is 8.94. The molecule has 3 aromatic carbocycles. The molecule has 0 aliphatic rings. The molecule has 172 valence electrons. The van der Waals surface area contributed by atoms with Crippen LogP contribution >= 0.6 is 31.9 Å². The van der Waals surface area contributed by atoms with E-state index in [1.807, 2.05) is 18.2 Å². The number of amides is 1. The number of nitrogens with one attached hydrogen (secondary N) is 1. The van der Waals surface area contributed by atoms with Crippen molar-refractivity contribution in [3.05, 3.63) is 93.4 Å². The van der Waals surface area contributed by atoms with Crippen LogP contribution in [0.2, 0.25) is 0 Å². The van der Waals surface area contributed by atoms with Gasteiger partial charge in [-0.2, -0.15) is 0 Å². The highest BCUT2D eigenvalue weighted by molar-refractivity contribution is 9.11. The molecule has 1 amide bonds. The second kappa shape index (κ2) is 11.9. The molecule has 5 N–H and O–H groups in total. The number of hydrogen-bond donors (Lipinski definition) is 4. The quantitative estimate of drug-likeness (QED) is 0.186. The molecule has 3 rings (SSSR count). The van der Waals surface area contributed by atoms with Gasteiger partial charge in [0.25, 0.3) is 0 Å². The summed E-state index contributed by atoms with van der Waals surface area (Å²) in [7, 11) is 0. The van der Waals surface area contributed by atoms with Gasteiger partial charge >= 0.3 is 0 Å². The van der Waals surface area contributed by atoms with E-state index in [-0.39, 0.29) is 11.7 Å². The fraction of sp³-hybridized carbons (Fsp3) is 0.160. The lowest BCUT2D eigenvalue weighted by Crippen LogP contribution is -2.25. The van der Waals surface area contributed by atoms with Gasteiger partial charge in [-0.3, -0.25) is 4.79 Å². The van der Waals surface area contributed by atoms with Crippen LogP contribution in [0.3, 0.4) is 0 Å². The molecule has 6 nitrogen and oxygen atoms in total. The summed E-state index contributed by atoms with van der Waals surface area (Å²) in [5.74, 6) is 0.238. The molecule has 0 aromatic heterocycles. The second-order valence-corrected chi connectivity index (χ2v) is 9.07. The fourth-order valence-corrected chi connectivity index (χ4v) is 4.46. The second-order valence-electron chi connectivity index (χ2n) is 7.30. The number of nitrogen functional groups attached to an aromatic ring is 1. The van der Waals surface area contributed by atoms with Gasteiger partial charge in [0.2, 0.25) is 5.91 Å². The van der Waals surface area contributed by atoms with Gasteiger partial charge in [0.05, 0.1) is 15.8 Å². The molecule has 0 unspecified atom stereocenters. The first kappa shape index (κ1) is 24.8. The van der Waals surface area contributed by atoms with E-state index in [0.717, 1.165) is 0 Å². The molecule has 0 saturated heterocycles. The van der Waals surface area contributed by atoms with E-state index in [0.29, 0.717) is 44.5 Å². The first-order valence-electron chi connectivity index (χ1n) is 10.2. The molecule has 0 aliphatic carbocycles. The van der Waals surface area contributed by atoms with Crippen LogP contribution in [0.5, 0.6) is 11.5 Å². The van der Waals surface area contributed by atoms with Gasteiger partial charge in [0.15, 0.2) is 0 Å². The average Bonchev–Trinajstić information content (AvgIpc) is 2.80. The summed E-state index contributed by atoms with van der Waals surface area (Å²) in [6, 6.07) is 19.5. The predicted molar refractivity (Wildman–Crippen MR) is 137 cm³/mol. The number of aliphatic hydroxyl groups is 1. The number of anilines is 2. The van der Waals surface area contributed by atoms with Crippen molar-refractivity contribution >= 4 is 49.1 Å². The molecule has 0 saturated carbocycles. The summed E-state index contributed by atoms with van der Waals surface area (Å²) >= 11 is 6.68. The largest absolute Gasteiger partial charge is 0.506 e. The molecule has 8 heteroatoms. The Bertz CT molecular complexity index is 1120. The van der Waals surface area contributed by atoms with Crippen molar-refractivity contribution in [3.8, 4) is 11.5 Å². The number of para-hydroxylation sites is 3. The van der Waals surface area contributed by atoms with Crippen molar-refractivity contribution in [2.24, 2.45) is 0 Å². The third kappa shape index (κ3) is 7.08. The van der Waals surface area contributed by atoms with Crippen LogP contribution in [0.4, 0.5) is 11.4 Å². The van der Waals surface area contributed by atoms with Crippen molar-refractivity contribution in [2.45, 2.75) is 25.0 Å². The first-order chi connectivity index (χ1) is 15.8. The number of benzene rings is 3. The molecule has 0 fully saturated rings. The maximum absolute atomic E-state index is 12.2. The molecular weight excluding hydrogens is 552 g/mol. The molecule has 3 aromatic rings. The summed E-state index contributed by atoms with van der Waals surface area (Å²) in [4.78, 5) is 12.2. The highest BCUT2D eigenvalue weighted by Gasteiger charge is 2.26. The number of ether oxygens (including phenoxy) is 1. The highest BCUT2D eigenvalue weighted by Crippen LogP contribution is 2.38. The maximum atomic E-state index is 12.2. The van der Waals surface area contributed by atoms with Crippen LogP contribution in [0.1, 0.15) is 24.5 Å². The first-order valence-corrected chi connectivity index (χ1v) is 11.8. The zero-order valence-corrected chi connectivity index (χ0v) is 20.8. The molecule has 0 bridgehead atoms. The summed E-state index contributed by atoms with van der Waals surface area (Å²) < 4.78 is 7.21. The number of carbonyl (C=O) groups excluding carboxylic acids is 1. The van der Waals surface area contributed by atoms with Crippen LogP contribution in [-0.4, -0.2) is 22.2 Å².